The number of carbonyl (C=O) groups is 2. The van der Waals surface area contributed by atoms with Crippen LogP contribution in [0.3, 0.4) is 0 Å². The third-order valence-corrected chi connectivity index (χ3v) is 10.1. The maximum absolute atomic E-state index is 13.6. The Morgan fingerprint density at radius 2 is 2.00 bits per heavy atom. The summed E-state index contributed by atoms with van der Waals surface area (Å²) in [5, 5.41) is 4.97. The molecule has 1 N–H and O–H groups in total. The molecule has 3 aromatic rings. The van der Waals surface area contributed by atoms with E-state index in [0.717, 1.165) is 29.7 Å². The lowest BCUT2D eigenvalue weighted by Crippen LogP contribution is -2.27. The van der Waals surface area contributed by atoms with E-state index in [1.54, 1.807) is 23.3 Å². The van der Waals surface area contributed by atoms with Crippen molar-refractivity contribution in [2.75, 3.05) is 12.4 Å². The smallest absolute Gasteiger partial charge is 0.336 e. The molecule has 1 aliphatic carbocycles. The van der Waals surface area contributed by atoms with Gasteiger partial charge in [-0.3, -0.25) is 14.2 Å². The molecular weight excluding hydrogens is 515 g/mol. The number of ether oxygens (including phenoxy) is 1. The van der Waals surface area contributed by atoms with Crippen LogP contribution in [-0.2, 0) is 14.3 Å². The van der Waals surface area contributed by atoms with Crippen molar-refractivity contribution in [3.63, 3.8) is 0 Å². The van der Waals surface area contributed by atoms with Crippen LogP contribution in [0.25, 0.3) is 15.9 Å². The van der Waals surface area contributed by atoms with Crippen molar-refractivity contribution in [1.82, 2.24) is 14.9 Å². The summed E-state index contributed by atoms with van der Waals surface area (Å²) in [6.07, 6.45) is 3.04. The molecule has 1 fully saturated rings. The molecular formula is C26H27N3O4S3. The SMILES string of the molecule is CCOC(=O)C1=C(NC(=O)CSc2nc3sc(C)c(C)c3c(=O)n2-c2ccccc2)SC2CCCC12. The minimum absolute atomic E-state index is 0.0591. The number of aromatic nitrogens is 2. The highest BCUT2D eigenvalue weighted by Gasteiger charge is 2.43. The van der Waals surface area contributed by atoms with Gasteiger partial charge in [0, 0.05) is 16.0 Å². The van der Waals surface area contributed by atoms with Crippen LogP contribution in [0.5, 0.6) is 0 Å². The van der Waals surface area contributed by atoms with E-state index in [9.17, 15) is 14.4 Å². The minimum atomic E-state index is -0.337. The molecule has 7 nitrogen and oxygen atoms in total. The second-order valence-electron chi connectivity index (χ2n) is 8.83. The molecule has 2 unspecified atom stereocenters. The van der Waals surface area contributed by atoms with Crippen molar-refractivity contribution in [1.29, 1.82) is 0 Å². The number of benzene rings is 1. The maximum Gasteiger partial charge on any atom is 0.336 e. The Bertz CT molecular complexity index is 1430. The zero-order chi connectivity index (χ0) is 25.4. The van der Waals surface area contributed by atoms with Crippen molar-refractivity contribution >= 4 is 57.0 Å². The molecule has 0 saturated heterocycles. The van der Waals surface area contributed by atoms with E-state index in [0.29, 0.717) is 43.5 Å². The van der Waals surface area contributed by atoms with Gasteiger partial charge in [0.15, 0.2) is 5.16 Å². The number of fused-ring (bicyclic) bond motifs is 2. The number of amides is 1. The summed E-state index contributed by atoms with van der Waals surface area (Å²) in [5.74, 6) is -0.383. The molecule has 1 saturated carbocycles. The van der Waals surface area contributed by atoms with E-state index >= 15 is 0 Å². The summed E-state index contributed by atoms with van der Waals surface area (Å²) < 4.78 is 6.87. The zero-order valence-electron chi connectivity index (χ0n) is 20.3. The first-order valence-electron chi connectivity index (χ1n) is 12.0. The summed E-state index contributed by atoms with van der Waals surface area (Å²) in [6, 6.07) is 9.35. The summed E-state index contributed by atoms with van der Waals surface area (Å²) in [6.45, 7) is 6.01. The van der Waals surface area contributed by atoms with E-state index in [2.05, 4.69) is 5.32 Å². The number of nitrogens with zero attached hydrogens (tertiary/aromatic N) is 2. The molecule has 0 spiro atoms. The monoisotopic (exact) mass is 541 g/mol. The van der Waals surface area contributed by atoms with E-state index in [1.807, 2.05) is 44.2 Å². The topological polar surface area (TPSA) is 90.3 Å². The standard InChI is InChI=1S/C26H27N3O4S3/c1-4-33-25(32)21-17-11-8-12-18(17)36-23(21)27-19(30)13-34-26-28-22-20(14(2)15(3)35-22)24(31)29(26)16-9-6-5-7-10-16/h5-7,9-10,17-18H,4,8,11-13H2,1-3H3,(H,27,30). The maximum atomic E-state index is 13.6. The Balaban J connectivity index is 1.42. The van der Waals surface area contributed by atoms with Crippen molar-refractivity contribution in [3.8, 4) is 5.69 Å². The van der Waals surface area contributed by atoms with E-state index < -0.39 is 0 Å². The number of carbonyl (C=O) groups excluding carboxylic acids is 2. The highest BCUT2D eigenvalue weighted by Crippen LogP contribution is 2.49. The lowest BCUT2D eigenvalue weighted by atomic mass is 9.98. The normalized spacial score (nSPS) is 19.1. The predicted molar refractivity (Wildman–Crippen MR) is 146 cm³/mol. The molecule has 0 radical (unpaired) electrons. The van der Waals surface area contributed by atoms with Crippen LogP contribution in [0.1, 0.15) is 36.6 Å². The summed E-state index contributed by atoms with van der Waals surface area (Å²) in [4.78, 5) is 45.8. The van der Waals surface area contributed by atoms with Gasteiger partial charge in [-0.1, -0.05) is 36.4 Å². The van der Waals surface area contributed by atoms with Crippen molar-refractivity contribution in [3.05, 3.63) is 61.7 Å². The van der Waals surface area contributed by atoms with Crippen LogP contribution in [0, 0.1) is 19.8 Å². The van der Waals surface area contributed by atoms with Crippen molar-refractivity contribution in [2.24, 2.45) is 5.92 Å². The van der Waals surface area contributed by atoms with Gasteiger partial charge in [0.05, 0.1) is 34.0 Å². The van der Waals surface area contributed by atoms with Gasteiger partial charge in [0.1, 0.15) is 4.83 Å². The molecule has 1 aliphatic heterocycles. The molecule has 1 amide bonds. The lowest BCUT2D eigenvalue weighted by Gasteiger charge is -2.13. The third-order valence-electron chi connectivity index (χ3n) is 6.60. The van der Waals surface area contributed by atoms with Gasteiger partial charge in [-0.25, -0.2) is 9.78 Å². The predicted octanol–water partition coefficient (Wildman–Crippen LogP) is 4.96. The van der Waals surface area contributed by atoms with E-state index in [4.69, 9.17) is 9.72 Å². The zero-order valence-corrected chi connectivity index (χ0v) is 22.8. The Morgan fingerprint density at radius 1 is 1.22 bits per heavy atom. The van der Waals surface area contributed by atoms with Gasteiger partial charge in [-0.05, 0) is 51.3 Å². The molecule has 188 valence electrons. The molecule has 2 aromatic heterocycles. The van der Waals surface area contributed by atoms with Crippen LogP contribution in [0.4, 0.5) is 0 Å². The summed E-state index contributed by atoms with van der Waals surface area (Å²) >= 11 is 4.28. The number of thioether (sulfide) groups is 2. The fourth-order valence-electron chi connectivity index (χ4n) is 4.80. The average Bonchev–Trinajstić information content (AvgIpc) is 3.51. The van der Waals surface area contributed by atoms with Crippen LogP contribution >= 0.6 is 34.9 Å². The largest absolute Gasteiger partial charge is 0.463 e. The van der Waals surface area contributed by atoms with Gasteiger partial charge in [-0.15, -0.1) is 23.1 Å². The number of hydrogen-bond acceptors (Lipinski definition) is 8. The molecule has 10 heteroatoms. The van der Waals surface area contributed by atoms with Gasteiger partial charge in [0.25, 0.3) is 5.56 Å². The Hall–Kier alpha value is -2.56. The third kappa shape index (κ3) is 4.62. The summed E-state index contributed by atoms with van der Waals surface area (Å²) in [5.41, 5.74) is 2.11. The van der Waals surface area contributed by atoms with Gasteiger partial charge in [0.2, 0.25) is 5.91 Å². The van der Waals surface area contributed by atoms with Crippen LogP contribution < -0.4 is 10.9 Å². The van der Waals surface area contributed by atoms with Crippen molar-refractivity contribution in [2.45, 2.75) is 50.4 Å². The van der Waals surface area contributed by atoms with E-state index in [-0.39, 0.29) is 29.1 Å². The Labute approximate surface area is 221 Å². The van der Waals surface area contributed by atoms with Crippen molar-refractivity contribution < 1.29 is 14.3 Å². The first-order valence-corrected chi connectivity index (χ1v) is 14.7. The van der Waals surface area contributed by atoms with Crippen LogP contribution in [-0.4, -0.2) is 39.0 Å². The molecule has 0 bridgehead atoms. The lowest BCUT2D eigenvalue weighted by molar-refractivity contribution is -0.139. The number of esters is 1. The van der Waals surface area contributed by atoms with Gasteiger partial charge >= 0.3 is 5.97 Å². The molecule has 36 heavy (non-hydrogen) atoms. The van der Waals surface area contributed by atoms with Crippen LogP contribution in [0.15, 0.2) is 50.9 Å². The summed E-state index contributed by atoms with van der Waals surface area (Å²) in [7, 11) is 0. The number of aryl methyl sites for hydroxylation is 2. The number of hydrogen-bond donors (Lipinski definition) is 1. The molecule has 3 heterocycles. The van der Waals surface area contributed by atoms with Gasteiger partial charge < -0.3 is 10.1 Å². The number of rotatable bonds is 7. The first kappa shape index (κ1) is 25.1. The fraction of sp³-hybridized carbons (Fsp3) is 0.385. The second-order valence-corrected chi connectivity index (χ2v) is 12.2. The quantitative estimate of drug-likeness (QED) is 0.257. The second kappa shape index (κ2) is 10.4. The highest BCUT2D eigenvalue weighted by molar-refractivity contribution is 8.04. The number of thiophene rings is 1. The number of nitrogens with one attached hydrogen (secondary N) is 1. The van der Waals surface area contributed by atoms with Crippen LogP contribution in [0.2, 0.25) is 0 Å². The molecule has 2 atom stereocenters. The molecule has 1 aromatic carbocycles. The fourth-order valence-corrected chi connectivity index (χ4v) is 8.24. The highest BCUT2D eigenvalue weighted by atomic mass is 32.2. The number of para-hydroxylation sites is 1. The Morgan fingerprint density at radius 3 is 2.75 bits per heavy atom. The minimum Gasteiger partial charge on any atom is -0.463 e. The average molecular weight is 542 g/mol. The molecule has 2 aliphatic rings. The Kier molecular flexibility index (Phi) is 7.28. The molecule has 5 rings (SSSR count). The first-order chi connectivity index (χ1) is 17.4. The van der Waals surface area contributed by atoms with E-state index in [1.165, 1.54) is 23.1 Å². The van der Waals surface area contributed by atoms with Gasteiger partial charge in [-0.2, -0.15) is 0 Å².